The zero-order chi connectivity index (χ0) is 25.0. The minimum atomic E-state index is -1.16. The Balaban J connectivity index is 1.43. The maximum absolute atomic E-state index is 13.4. The molecule has 2 aliphatic carbocycles. The van der Waals surface area contributed by atoms with Crippen LogP contribution in [0.25, 0.3) is 0 Å². The molecule has 7 nitrogen and oxygen atoms in total. The number of thioether (sulfide) groups is 1. The lowest BCUT2D eigenvalue weighted by atomic mass is 9.68. The molecule has 0 unspecified atom stereocenters. The highest BCUT2D eigenvalue weighted by Crippen LogP contribution is 2.68. The fourth-order valence-electron chi connectivity index (χ4n) is 7.10. The van der Waals surface area contributed by atoms with E-state index in [1.54, 1.807) is 11.8 Å². The van der Waals surface area contributed by atoms with Gasteiger partial charge in [0.2, 0.25) is 11.8 Å². The third-order valence-electron chi connectivity index (χ3n) is 8.64. The number of likely N-dealkylation sites (tertiary alicyclic amines) is 1. The molecule has 2 N–H and O–H groups in total. The van der Waals surface area contributed by atoms with Crippen molar-refractivity contribution in [3.63, 3.8) is 0 Å². The largest absolute Gasteiger partial charge is 0.480 e. The van der Waals surface area contributed by atoms with Crippen molar-refractivity contribution in [3.8, 4) is 0 Å². The minimum absolute atomic E-state index is 0.00431. The van der Waals surface area contributed by atoms with Crippen LogP contribution < -0.4 is 4.87 Å². The van der Waals surface area contributed by atoms with Gasteiger partial charge in [-0.05, 0) is 47.6 Å². The van der Waals surface area contributed by atoms with Crippen LogP contribution in [0.4, 0.5) is 0 Å². The Kier molecular flexibility index (Phi) is 4.97. The van der Waals surface area contributed by atoms with Crippen LogP contribution in [0.15, 0.2) is 34.1 Å². The second kappa shape index (κ2) is 7.56. The number of hydrogen-bond donors (Lipinski definition) is 2. The number of nitrogens with one attached hydrogen (secondary N) is 1. The highest BCUT2D eigenvalue weighted by Gasteiger charge is 2.70. The number of rotatable bonds is 3. The molecule has 3 heterocycles. The first kappa shape index (κ1) is 23.0. The lowest BCUT2D eigenvalue weighted by Crippen LogP contribution is -2.44. The van der Waals surface area contributed by atoms with Gasteiger partial charge in [-0.1, -0.05) is 56.4 Å². The van der Waals surface area contributed by atoms with E-state index in [1.807, 2.05) is 0 Å². The number of thiazole rings is 1. The van der Waals surface area contributed by atoms with Crippen LogP contribution in [0.1, 0.15) is 56.0 Å². The van der Waals surface area contributed by atoms with E-state index >= 15 is 0 Å². The Morgan fingerprint density at radius 2 is 1.71 bits per heavy atom. The average Bonchev–Trinajstić information content (AvgIpc) is 3.51. The molecule has 2 bridgehead atoms. The van der Waals surface area contributed by atoms with Gasteiger partial charge in [0, 0.05) is 16.0 Å². The number of imide groups is 1. The highest BCUT2D eigenvalue weighted by molar-refractivity contribution is 8.00. The lowest BCUT2D eigenvalue weighted by Gasteiger charge is -2.43. The van der Waals surface area contributed by atoms with Gasteiger partial charge in [0.05, 0.1) is 16.9 Å². The van der Waals surface area contributed by atoms with E-state index < -0.39 is 23.8 Å². The molecule has 4 aliphatic rings. The van der Waals surface area contributed by atoms with Gasteiger partial charge in [0.1, 0.15) is 6.04 Å². The third kappa shape index (κ3) is 3.16. The quantitative estimate of drug-likeness (QED) is 0.608. The summed E-state index contributed by atoms with van der Waals surface area (Å²) in [7, 11) is 0. The average molecular weight is 513 g/mol. The molecule has 2 aliphatic heterocycles. The first-order chi connectivity index (χ1) is 16.5. The Morgan fingerprint density at radius 3 is 2.31 bits per heavy atom. The molecule has 2 aromatic rings. The molecule has 1 aromatic carbocycles. The van der Waals surface area contributed by atoms with Crippen molar-refractivity contribution in [2.45, 2.75) is 61.8 Å². The summed E-state index contributed by atoms with van der Waals surface area (Å²) in [5.74, 6) is -2.69. The number of aromatic nitrogens is 1. The number of benzene rings is 1. The predicted molar refractivity (Wildman–Crippen MR) is 133 cm³/mol. The van der Waals surface area contributed by atoms with Crippen LogP contribution in [0.3, 0.4) is 0 Å². The fraction of sp³-hybridized carbons (Fsp3) is 0.538. The van der Waals surface area contributed by atoms with E-state index in [-0.39, 0.29) is 51.0 Å². The van der Waals surface area contributed by atoms with Crippen molar-refractivity contribution < 1.29 is 19.5 Å². The molecule has 9 heteroatoms. The molecular formula is C26H28N2O5S2. The van der Waals surface area contributed by atoms with Crippen molar-refractivity contribution in [2.24, 2.45) is 29.6 Å². The molecule has 8 atom stereocenters. The zero-order valence-electron chi connectivity index (χ0n) is 20.0. The Labute approximate surface area is 211 Å². The number of aliphatic carboxylic acids is 1. The summed E-state index contributed by atoms with van der Waals surface area (Å²) in [6, 6.07) is 7.44. The van der Waals surface area contributed by atoms with E-state index in [1.165, 1.54) is 23.8 Å². The normalized spacial score (nSPS) is 34.1. The van der Waals surface area contributed by atoms with Crippen LogP contribution in [-0.4, -0.2) is 44.1 Å². The summed E-state index contributed by atoms with van der Waals surface area (Å²) < 4.78 is 0. The van der Waals surface area contributed by atoms with Gasteiger partial charge in [-0.15, -0.1) is 11.8 Å². The number of carboxylic acids is 1. The van der Waals surface area contributed by atoms with Crippen LogP contribution in [-0.2, 0) is 19.8 Å². The van der Waals surface area contributed by atoms with E-state index in [9.17, 15) is 24.3 Å². The van der Waals surface area contributed by atoms with Crippen molar-refractivity contribution in [2.75, 3.05) is 0 Å². The second-order valence-corrected chi connectivity index (χ2v) is 13.6. The van der Waals surface area contributed by atoms with E-state index in [2.05, 4.69) is 50.0 Å². The number of H-pyrrole nitrogens is 1. The molecule has 2 saturated carbocycles. The van der Waals surface area contributed by atoms with Gasteiger partial charge in [-0.3, -0.25) is 19.3 Å². The number of aromatic amines is 1. The van der Waals surface area contributed by atoms with E-state index in [0.29, 0.717) is 0 Å². The zero-order valence-corrected chi connectivity index (χ0v) is 21.6. The molecule has 2 amide bonds. The maximum Gasteiger partial charge on any atom is 0.326 e. The van der Waals surface area contributed by atoms with Crippen LogP contribution >= 0.6 is 23.1 Å². The van der Waals surface area contributed by atoms with Crippen LogP contribution in [0.5, 0.6) is 0 Å². The first-order valence-electron chi connectivity index (χ1n) is 12.1. The number of nitrogens with zero attached hydrogens (tertiary/aromatic N) is 1. The number of carboxylic acid groups (broad SMARTS) is 1. The molecule has 35 heavy (non-hydrogen) atoms. The molecule has 1 saturated heterocycles. The second-order valence-electron chi connectivity index (χ2n) is 11.4. The van der Waals surface area contributed by atoms with Crippen LogP contribution in [0, 0.1) is 29.6 Å². The van der Waals surface area contributed by atoms with E-state index in [4.69, 9.17) is 0 Å². The smallest absolute Gasteiger partial charge is 0.326 e. The standard InChI is InChI=1S/C26H28N2O5S2/c1-10(24(31)32)28-22(29)17-13-9-14(18(17)23(28)30)19-16(13)15(20-21(34-19)27-25(33)35-20)11-5-7-12(8-6-11)26(2,3)4/h5-8,10,13-19H,9H2,1-4H3,(H,27,33)(H,31,32)/t10-,13-,14-,15-,16-,17+,18-,19-/m1/s1. The van der Waals surface area contributed by atoms with E-state index in [0.717, 1.165) is 26.8 Å². The van der Waals surface area contributed by atoms with Gasteiger partial charge in [0.25, 0.3) is 0 Å². The van der Waals surface area contributed by atoms with Gasteiger partial charge in [-0.2, -0.15) is 0 Å². The SMILES string of the molecule is C[C@H](C(=O)O)N1C(=O)[C@@H]2[C@H]3C[C@@H]([C@@H]2C1=O)[C@@H]1[C@@H](c2ccc(C(C)(C)C)cc2)c2sc(=O)[nH]c2S[C@H]31. The van der Waals surface area contributed by atoms with Crippen molar-refractivity contribution in [1.29, 1.82) is 0 Å². The maximum atomic E-state index is 13.4. The molecular weight excluding hydrogens is 484 g/mol. The molecule has 1 aromatic heterocycles. The monoisotopic (exact) mass is 512 g/mol. The fourth-order valence-corrected chi connectivity index (χ4v) is 9.98. The molecule has 6 rings (SSSR count). The Bertz CT molecular complexity index is 1310. The number of fused-ring (bicyclic) bond motifs is 9. The summed E-state index contributed by atoms with van der Waals surface area (Å²) in [5, 5.41) is 10.5. The lowest BCUT2D eigenvalue weighted by molar-refractivity contribution is -0.154. The van der Waals surface area contributed by atoms with Crippen LogP contribution in [0.2, 0.25) is 0 Å². The van der Waals surface area contributed by atoms with Crippen molar-refractivity contribution >= 4 is 40.9 Å². The topological polar surface area (TPSA) is 108 Å². The van der Waals surface area contributed by atoms with Gasteiger partial charge >= 0.3 is 10.8 Å². The summed E-state index contributed by atoms with van der Waals surface area (Å²) in [5.41, 5.74) is 2.38. The first-order valence-corrected chi connectivity index (χ1v) is 13.8. The number of amides is 2. The van der Waals surface area contributed by atoms with Crippen molar-refractivity contribution in [1.82, 2.24) is 9.88 Å². The Hall–Kier alpha value is -2.39. The summed E-state index contributed by atoms with van der Waals surface area (Å²) in [6.45, 7) is 7.93. The van der Waals surface area contributed by atoms with Gasteiger partial charge < -0.3 is 10.1 Å². The summed E-state index contributed by atoms with van der Waals surface area (Å²) >= 11 is 2.89. The Morgan fingerprint density at radius 1 is 1.09 bits per heavy atom. The van der Waals surface area contributed by atoms with Gasteiger partial charge in [0.15, 0.2) is 0 Å². The predicted octanol–water partition coefficient (Wildman–Crippen LogP) is 3.68. The summed E-state index contributed by atoms with van der Waals surface area (Å²) in [4.78, 5) is 55.7. The molecule has 0 spiro atoms. The number of carbonyl (C=O) groups excluding carboxylic acids is 2. The van der Waals surface area contributed by atoms with Gasteiger partial charge in [-0.25, -0.2) is 4.79 Å². The number of carbonyl (C=O) groups is 3. The summed E-state index contributed by atoms with van der Waals surface area (Å²) in [6.07, 6.45) is 0.792. The van der Waals surface area contributed by atoms with Crippen molar-refractivity contribution in [3.05, 3.63) is 49.9 Å². The molecule has 3 fully saturated rings. The highest BCUT2D eigenvalue weighted by atomic mass is 32.2. The minimum Gasteiger partial charge on any atom is -0.480 e. The molecule has 0 radical (unpaired) electrons. The number of hydrogen-bond acceptors (Lipinski definition) is 6. The molecule has 184 valence electrons. The third-order valence-corrected chi connectivity index (χ3v) is 11.2.